The van der Waals surface area contributed by atoms with Crippen LogP contribution in [0, 0.1) is 11.6 Å². The number of benzene rings is 2. The Morgan fingerprint density at radius 3 is 2.41 bits per heavy atom. The van der Waals surface area contributed by atoms with Crippen molar-refractivity contribution in [3.8, 4) is 17.0 Å². The minimum Gasteiger partial charge on any atom is -0.497 e. The maximum atomic E-state index is 13.3. The SMILES string of the molecule is COc1ccc(-c2cc(CNS(=O)(=O)c3ccc(F)c(F)c3)ncn2)cc1. The molecule has 1 N–H and O–H groups in total. The molecule has 1 heterocycles. The molecule has 0 radical (unpaired) electrons. The van der Waals surface area contributed by atoms with Crippen molar-refractivity contribution in [3.05, 3.63) is 72.2 Å². The van der Waals surface area contributed by atoms with Crippen LogP contribution in [-0.4, -0.2) is 25.5 Å². The first-order valence-electron chi connectivity index (χ1n) is 7.79. The first kappa shape index (κ1) is 18.9. The van der Waals surface area contributed by atoms with E-state index in [9.17, 15) is 17.2 Å². The zero-order valence-corrected chi connectivity index (χ0v) is 15.0. The molecule has 0 atom stereocenters. The highest BCUT2D eigenvalue weighted by molar-refractivity contribution is 7.89. The van der Waals surface area contributed by atoms with Gasteiger partial charge in [-0.2, -0.15) is 0 Å². The van der Waals surface area contributed by atoms with E-state index in [4.69, 9.17) is 4.74 Å². The Balaban J connectivity index is 1.76. The molecule has 9 heteroatoms. The Hall–Kier alpha value is -2.91. The summed E-state index contributed by atoms with van der Waals surface area (Å²) in [6, 6.07) is 11.2. The maximum absolute atomic E-state index is 13.3. The summed E-state index contributed by atoms with van der Waals surface area (Å²) in [7, 11) is -2.45. The van der Waals surface area contributed by atoms with E-state index in [0.29, 0.717) is 23.2 Å². The number of halogens is 2. The largest absolute Gasteiger partial charge is 0.497 e. The van der Waals surface area contributed by atoms with Crippen LogP contribution in [0.15, 0.2) is 59.8 Å². The van der Waals surface area contributed by atoms with Gasteiger partial charge >= 0.3 is 0 Å². The lowest BCUT2D eigenvalue weighted by Gasteiger charge is -2.08. The van der Waals surface area contributed by atoms with E-state index in [1.54, 1.807) is 25.3 Å². The van der Waals surface area contributed by atoms with Crippen LogP contribution in [0.1, 0.15) is 5.69 Å². The molecular formula is C18H15F2N3O3S. The number of ether oxygens (including phenoxy) is 1. The van der Waals surface area contributed by atoms with Crippen LogP contribution < -0.4 is 9.46 Å². The highest BCUT2D eigenvalue weighted by atomic mass is 32.2. The van der Waals surface area contributed by atoms with Crippen LogP contribution in [0.2, 0.25) is 0 Å². The third-order valence-electron chi connectivity index (χ3n) is 3.75. The average molecular weight is 391 g/mol. The zero-order chi connectivity index (χ0) is 19.4. The second kappa shape index (κ2) is 7.77. The van der Waals surface area contributed by atoms with E-state index in [0.717, 1.165) is 17.7 Å². The molecule has 0 aliphatic carbocycles. The second-order valence-electron chi connectivity index (χ2n) is 5.52. The van der Waals surface area contributed by atoms with Crippen molar-refractivity contribution < 1.29 is 21.9 Å². The molecule has 3 aromatic rings. The number of methoxy groups -OCH3 is 1. The van der Waals surface area contributed by atoms with E-state index in [-0.39, 0.29) is 11.4 Å². The third kappa shape index (κ3) is 4.44. The van der Waals surface area contributed by atoms with Crippen molar-refractivity contribution in [1.82, 2.24) is 14.7 Å². The standard InChI is InChI=1S/C18H15F2N3O3S/c1-26-14-4-2-12(3-5-14)18-8-13(21-11-22-18)10-23-27(24,25)15-6-7-16(19)17(20)9-15/h2-9,11,23H,10H2,1H3. The van der Waals surface area contributed by atoms with E-state index in [2.05, 4.69) is 14.7 Å². The summed E-state index contributed by atoms with van der Waals surface area (Å²) in [4.78, 5) is 7.83. The van der Waals surface area contributed by atoms with Crippen LogP contribution >= 0.6 is 0 Å². The lowest BCUT2D eigenvalue weighted by atomic mass is 10.1. The zero-order valence-electron chi connectivity index (χ0n) is 14.2. The summed E-state index contributed by atoms with van der Waals surface area (Å²) < 4.78 is 58.1. The molecule has 0 saturated heterocycles. The number of nitrogens with zero attached hydrogens (tertiary/aromatic N) is 2. The van der Waals surface area contributed by atoms with Gasteiger partial charge in [-0.15, -0.1) is 0 Å². The van der Waals surface area contributed by atoms with Gasteiger partial charge < -0.3 is 4.74 Å². The summed E-state index contributed by atoms with van der Waals surface area (Å²) in [5, 5.41) is 0. The van der Waals surface area contributed by atoms with Gasteiger partial charge in [-0.3, -0.25) is 0 Å². The molecular weight excluding hydrogens is 376 g/mol. The van der Waals surface area contributed by atoms with Crippen LogP contribution in [0.3, 0.4) is 0 Å². The minimum atomic E-state index is -4.02. The molecule has 27 heavy (non-hydrogen) atoms. The van der Waals surface area contributed by atoms with Crippen molar-refractivity contribution in [2.75, 3.05) is 7.11 Å². The molecule has 0 aliphatic heterocycles. The van der Waals surface area contributed by atoms with Crippen LogP contribution in [0.4, 0.5) is 8.78 Å². The number of hydrogen-bond acceptors (Lipinski definition) is 5. The quantitative estimate of drug-likeness (QED) is 0.699. The van der Waals surface area contributed by atoms with Gasteiger partial charge in [0, 0.05) is 5.56 Å². The fourth-order valence-corrected chi connectivity index (χ4v) is 3.32. The molecule has 0 spiro atoms. The fourth-order valence-electron chi connectivity index (χ4n) is 2.31. The molecule has 0 bridgehead atoms. The van der Waals surface area contributed by atoms with Crippen molar-refractivity contribution >= 4 is 10.0 Å². The smallest absolute Gasteiger partial charge is 0.241 e. The van der Waals surface area contributed by atoms with E-state index >= 15 is 0 Å². The molecule has 0 aliphatic rings. The molecule has 0 amide bonds. The van der Waals surface area contributed by atoms with Gasteiger partial charge in [0.15, 0.2) is 11.6 Å². The Morgan fingerprint density at radius 2 is 1.74 bits per heavy atom. The van der Waals surface area contributed by atoms with Gasteiger partial charge in [0.2, 0.25) is 10.0 Å². The van der Waals surface area contributed by atoms with Gasteiger partial charge in [-0.25, -0.2) is 31.9 Å². The summed E-state index contributed by atoms with van der Waals surface area (Å²) in [6.07, 6.45) is 1.32. The predicted molar refractivity (Wildman–Crippen MR) is 94.4 cm³/mol. The molecule has 0 fully saturated rings. The molecule has 1 aromatic heterocycles. The number of sulfonamides is 1. The van der Waals surface area contributed by atoms with E-state index < -0.39 is 21.7 Å². The lowest BCUT2D eigenvalue weighted by Crippen LogP contribution is -2.24. The maximum Gasteiger partial charge on any atom is 0.241 e. The van der Waals surface area contributed by atoms with Gasteiger partial charge in [-0.1, -0.05) is 0 Å². The van der Waals surface area contributed by atoms with Crippen molar-refractivity contribution in [1.29, 1.82) is 0 Å². The van der Waals surface area contributed by atoms with Gasteiger partial charge in [0.1, 0.15) is 12.1 Å². The van der Waals surface area contributed by atoms with Crippen LogP contribution in [0.5, 0.6) is 5.75 Å². The monoisotopic (exact) mass is 391 g/mol. The summed E-state index contributed by atoms with van der Waals surface area (Å²) >= 11 is 0. The summed E-state index contributed by atoms with van der Waals surface area (Å²) in [5.74, 6) is -1.65. The lowest BCUT2D eigenvalue weighted by molar-refractivity contribution is 0.415. The van der Waals surface area contributed by atoms with Gasteiger partial charge in [0.05, 0.1) is 29.9 Å². The molecule has 0 saturated carbocycles. The van der Waals surface area contributed by atoms with E-state index in [1.165, 1.54) is 6.33 Å². The van der Waals surface area contributed by atoms with Crippen LogP contribution in [-0.2, 0) is 16.6 Å². The molecule has 3 rings (SSSR count). The highest BCUT2D eigenvalue weighted by Gasteiger charge is 2.16. The van der Waals surface area contributed by atoms with Crippen LogP contribution in [0.25, 0.3) is 11.3 Å². The summed E-state index contributed by atoms with van der Waals surface area (Å²) in [6.45, 7) is -0.132. The number of aromatic nitrogens is 2. The first-order valence-corrected chi connectivity index (χ1v) is 9.27. The molecule has 2 aromatic carbocycles. The Morgan fingerprint density at radius 1 is 1.00 bits per heavy atom. The Labute approximate surface area is 154 Å². The number of rotatable bonds is 6. The van der Waals surface area contributed by atoms with E-state index in [1.807, 2.05) is 12.1 Å². The second-order valence-corrected chi connectivity index (χ2v) is 7.29. The fraction of sp³-hybridized carbons (Fsp3) is 0.111. The third-order valence-corrected chi connectivity index (χ3v) is 5.15. The molecule has 0 unspecified atom stereocenters. The topological polar surface area (TPSA) is 81.2 Å². The first-order chi connectivity index (χ1) is 12.9. The Bertz CT molecular complexity index is 1060. The van der Waals surface area contributed by atoms with Gasteiger partial charge in [0.25, 0.3) is 0 Å². The molecule has 140 valence electrons. The number of nitrogens with one attached hydrogen (secondary N) is 1. The molecule has 6 nitrogen and oxygen atoms in total. The van der Waals surface area contributed by atoms with Crippen molar-refractivity contribution in [3.63, 3.8) is 0 Å². The number of hydrogen-bond donors (Lipinski definition) is 1. The highest BCUT2D eigenvalue weighted by Crippen LogP contribution is 2.21. The van der Waals surface area contributed by atoms with Gasteiger partial charge in [-0.05, 0) is 48.5 Å². The van der Waals surface area contributed by atoms with Crippen molar-refractivity contribution in [2.24, 2.45) is 0 Å². The Kier molecular flexibility index (Phi) is 5.43. The summed E-state index contributed by atoms with van der Waals surface area (Å²) in [5.41, 5.74) is 1.83. The average Bonchev–Trinajstić information content (AvgIpc) is 2.69. The predicted octanol–water partition coefficient (Wildman–Crippen LogP) is 2.91. The van der Waals surface area contributed by atoms with Crippen molar-refractivity contribution in [2.45, 2.75) is 11.4 Å². The minimum absolute atomic E-state index is 0.132. The normalized spacial score (nSPS) is 11.4.